The van der Waals surface area contributed by atoms with Crippen molar-refractivity contribution in [3.8, 4) is 0 Å². The highest BCUT2D eigenvalue weighted by Gasteiger charge is 2.20. The normalized spacial score (nSPS) is 14.0. The fourth-order valence-corrected chi connectivity index (χ4v) is 3.23. The van der Waals surface area contributed by atoms with E-state index in [9.17, 15) is 0 Å². The van der Waals surface area contributed by atoms with E-state index in [2.05, 4.69) is 41.2 Å². The molecular weight excluding hydrogens is 286 g/mol. The molecule has 128 valence electrons. The highest BCUT2D eigenvalue weighted by molar-refractivity contribution is 5.43. The summed E-state index contributed by atoms with van der Waals surface area (Å²) in [6.07, 6.45) is 13.5. The molecule has 23 heavy (non-hydrogen) atoms. The van der Waals surface area contributed by atoms with Crippen LogP contribution in [0.3, 0.4) is 0 Å². The van der Waals surface area contributed by atoms with Crippen LogP contribution in [0, 0.1) is 5.92 Å². The van der Waals surface area contributed by atoms with Crippen LogP contribution in [0.25, 0.3) is 5.78 Å². The van der Waals surface area contributed by atoms with Crippen molar-refractivity contribution in [1.82, 2.24) is 19.6 Å². The van der Waals surface area contributed by atoms with Crippen LogP contribution in [-0.2, 0) is 0 Å². The largest absolute Gasteiger partial charge is 0.367 e. The molecule has 2 aromatic heterocycles. The average Bonchev–Trinajstić information content (AvgIpc) is 3.05. The van der Waals surface area contributed by atoms with E-state index in [1.54, 1.807) is 10.8 Å². The Kier molecular flexibility index (Phi) is 7.30. The number of rotatable bonds is 11. The molecule has 0 aliphatic heterocycles. The van der Waals surface area contributed by atoms with Gasteiger partial charge in [-0.3, -0.25) is 0 Å². The summed E-state index contributed by atoms with van der Waals surface area (Å²) in [6.45, 7) is 6.85. The number of nitrogens with zero attached hydrogens (tertiary/aromatic N) is 4. The number of hydrogen-bond donors (Lipinski definition) is 1. The Morgan fingerprint density at radius 1 is 1.04 bits per heavy atom. The van der Waals surface area contributed by atoms with Gasteiger partial charge in [-0.1, -0.05) is 59.3 Å². The van der Waals surface area contributed by atoms with Crippen LogP contribution >= 0.6 is 0 Å². The molecule has 5 heteroatoms. The summed E-state index contributed by atoms with van der Waals surface area (Å²) in [5.74, 6) is 2.37. The van der Waals surface area contributed by atoms with Gasteiger partial charge in [0.2, 0.25) is 0 Å². The predicted octanol–water partition coefficient (Wildman–Crippen LogP) is 4.70. The second-order valence-corrected chi connectivity index (χ2v) is 6.36. The van der Waals surface area contributed by atoms with Gasteiger partial charge in [-0.25, -0.2) is 4.98 Å². The quantitative estimate of drug-likeness (QED) is 0.610. The second kappa shape index (κ2) is 9.48. The Labute approximate surface area is 139 Å². The summed E-state index contributed by atoms with van der Waals surface area (Å²) in [5.41, 5.74) is 0. The summed E-state index contributed by atoms with van der Waals surface area (Å²) in [5, 5.41) is 8.04. The first kappa shape index (κ1) is 17.7. The first-order chi connectivity index (χ1) is 11.3. The van der Waals surface area contributed by atoms with Gasteiger partial charge in [0, 0.05) is 12.2 Å². The molecule has 0 bridgehead atoms. The van der Waals surface area contributed by atoms with Crippen LogP contribution in [0.2, 0.25) is 0 Å². The molecule has 0 aromatic carbocycles. The lowest BCUT2D eigenvalue weighted by molar-refractivity contribution is 0.365. The molecule has 5 nitrogen and oxygen atoms in total. The van der Waals surface area contributed by atoms with Crippen LogP contribution < -0.4 is 5.32 Å². The van der Waals surface area contributed by atoms with Gasteiger partial charge in [0.25, 0.3) is 5.78 Å². The van der Waals surface area contributed by atoms with Gasteiger partial charge in [-0.05, 0) is 24.8 Å². The first-order valence-corrected chi connectivity index (χ1v) is 9.21. The molecule has 0 amide bonds. The maximum atomic E-state index is 4.30. The van der Waals surface area contributed by atoms with E-state index in [0.29, 0.717) is 17.7 Å². The Morgan fingerprint density at radius 2 is 1.87 bits per heavy atom. The van der Waals surface area contributed by atoms with E-state index in [4.69, 9.17) is 0 Å². The van der Waals surface area contributed by atoms with Crippen LogP contribution in [-0.4, -0.2) is 25.6 Å². The molecule has 0 aliphatic rings. The zero-order chi connectivity index (χ0) is 16.5. The molecule has 2 heterocycles. The Balaban J connectivity index is 2.13. The smallest absolute Gasteiger partial charge is 0.254 e. The molecule has 2 unspecified atom stereocenters. The molecule has 0 spiro atoms. The summed E-state index contributed by atoms with van der Waals surface area (Å²) >= 11 is 0. The summed E-state index contributed by atoms with van der Waals surface area (Å²) < 4.78 is 1.80. The minimum atomic E-state index is 0.493. The maximum absolute atomic E-state index is 4.30. The van der Waals surface area contributed by atoms with Crippen LogP contribution in [0.4, 0.5) is 5.82 Å². The third-order valence-corrected chi connectivity index (χ3v) is 4.65. The number of aromatic nitrogens is 4. The van der Waals surface area contributed by atoms with Gasteiger partial charge in [-0.15, -0.1) is 0 Å². The van der Waals surface area contributed by atoms with Crippen molar-refractivity contribution >= 4 is 11.6 Å². The molecular formula is C18H31N5. The lowest BCUT2D eigenvalue weighted by Crippen LogP contribution is -2.30. The van der Waals surface area contributed by atoms with Crippen molar-refractivity contribution in [2.75, 3.05) is 5.32 Å². The lowest BCUT2D eigenvalue weighted by atomic mass is 9.88. The van der Waals surface area contributed by atoms with Gasteiger partial charge in [0.05, 0.1) is 0 Å². The first-order valence-electron chi connectivity index (χ1n) is 9.21. The Hall–Kier alpha value is -1.65. The number of unbranched alkanes of at least 4 members (excludes halogenated alkanes) is 3. The van der Waals surface area contributed by atoms with E-state index in [1.807, 2.05) is 12.3 Å². The number of nitrogens with one attached hydrogen (secondary N) is 1. The van der Waals surface area contributed by atoms with Crippen molar-refractivity contribution in [2.24, 2.45) is 5.92 Å². The topological polar surface area (TPSA) is 55.1 Å². The third-order valence-electron chi connectivity index (χ3n) is 4.65. The van der Waals surface area contributed by atoms with Crippen LogP contribution in [0.1, 0.15) is 72.1 Å². The highest BCUT2D eigenvalue weighted by atomic mass is 15.4. The van der Waals surface area contributed by atoms with Crippen molar-refractivity contribution < 1.29 is 0 Å². The Bertz CT molecular complexity index is 565. The molecule has 2 aromatic rings. The summed E-state index contributed by atoms with van der Waals surface area (Å²) in [6, 6.07) is 2.49. The zero-order valence-corrected chi connectivity index (χ0v) is 14.8. The summed E-state index contributed by atoms with van der Waals surface area (Å²) in [7, 11) is 0. The van der Waals surface area contributed by atoms with E-state index in [0.717, 1.165) is 5.82 Å². The molecule has 0 saturated carbocycles. The highest BCUT2D eigenvalue weighted by Crippen LogP contribution is 2.24. The second-order valence-electron chi connectivity index (χ2n) is 6.36. The van der Waals surface area contributed by atoms with Crippen molar-refractivity contribution in [1.29, 1.82) is 0 Å². The minimum absolute atomic E-state index is 0.493. The number of fused-ring (bicyclic) bond motifs is 1. The van der Waals surface area contributed by atoms with E-state index < -0.39 is 0 Å². The molecule has 0 saturated heterocycles. The SMILES string of the molecule is CCCCCC(Nc1ccnc2ncnn12)C(CC)CCCC. The average molecular weight is 317 g/mol. The van der Waals surface area contributed by atoms with Gasteiger partial charge in [0.1, 0.15) is 12.1 Å². The predicted molar refractivity (Wildman–Crippen MR) is 95.6 cm³/mol. The van der Waals surface area contributed by atoms with Crippen molar-refractivity contribution in [3.63, 3.8) is 0 Å². The Morgan fingerprint density at radius 3 is 2.61 bits per heavy atom. The molecule has 0 fully saturated rings. The molecule has 2 atom stereocenters. The van der Waals surface area contributed by atoms with Crippen LogP contribution in [0.5, 0.6) is 0 Å². The zero-order valence-electron chi connectivity index (χ0n) is 14.8. The third kappa shape index (κ3) is 4.91. The molecule has 0 radical (unpaired) electrons. The van der Waals surface area contributed by atoms with Crippen molar-refractivity contribution in [3.05, 3.63) is 18.6 Å². The van der Waals surface area contributed by atoms with Gasteiger partial charge >= 0.3 is 0 Å². The monoisotopic (exact) mass is 317 g/mol. The number of anilines is 1. The van der Waals surface area contributed by atoms with E-state index >= 15 is 0 Å². The fraction of sp³-hybridized carbons (Fsp3) is 0.722. The van der Waals surface area contributed by atoms with E-state index in [-0.39, 0.29) is 0 Å². The minimum Gasteiger partial charge on any atom is -0.367 e. The van der Waals surface area contributed by atoms with E-state index in [1.165, 1.54) is 51.4 Å². The lowest BCUT2D eigenvalue weighted by Gasteiger charge is -2.28. The van der Waals surface area contributed by atoms with Crippen molar-refractivity contribution in [2.45, 2.75) is 78.2 Å². The summed E-state index contributed by atoms with van der Waals surface area (Å²) in [4.78, 5) is 8.43. The number of hydrogen-bond acceptors (Lipinski definition) is 4. The standard InChI is InChI=1S/C18H31N5/c1-4-7-9-11-16(15(6-3)10-8-5-2)22-17-12-13-19-18-20-14-21-23(17)18/h12-16,22H,4-11H2,1-3H3. The van der Waals surface area contributed by atoms with Gasteiger partial charge in [0.15, 0.2) is 0 Å². The van der Waals surface area contributed by atoms with Gasteiger partial charge in [-0.2, -0.15) is 14.6 Å². The fourth-order valence-electron chi connectivity index (χ4n) is 3.23. The van der Waals surface area contributed by atoms with Gasteiger partial charge < -0.3 is 5.32 Å². The molecule has 0 aliphatic carbocycles. The maximum Gasteiger partial charge on any atom is 0.254 e. The molecule has 2 rings (SSSR count). The van der Waals surface area contributed by atoms with Crippen LogP contribution in [0.15, 0.2) is 18.6 Å². The molecule has 1 N–H and O–H groups in total.